The molecule has 1 atom stereocenters. The molecule has 3 nitrogen and oxygen atoms in total. The molecule has 0 spiro atoms. The highest BCUT2D eigenvalue weighted by Gasteiger charge is 2.37. The topological polar surface area (TPSA) is 38.3 Å². The van der Waals surface area contributed by atoms with Crippen molar-refractivity contribution < 1.29 is 22.7 Å². The highest BCUT2D eigenvalue weighted by Crippen LogP contribution is 2.42. The third-order valence-corrected chi connectivity index (χ3v) is 3.65. The van der Waals surface area contributed by atoms with Gasteiger partial charge in [0, 0.05) is 5.69 Å². The maximum Gasteiger partial charge on any atom is 0.573 e. The van der Waals surface area contributed by atoms with Gasteiger partial charge in [-0.15, -0.1) is 13.2 Å². The molecule has 1 aromatic carbocycles. The van der Waals surface area contributed by atoms with E-state index in [1.807, 2.05) is 13.8 Å². The summed E-state index contributed by atoms with van der Waals surface area (Å²) in [6.45, 7) is 3.94. The number of rotatable bonds is 4. The van der Waals surface area contributed by atoms with Gasteiger partial charge >= 0.3 is 6.36 Å². The molecule has 0 saturated carbocycles. The number of hydrogen-bond acceptors (Lipinski definition) is 2. The first-order chi connectivity index (χ1) is 9.35. The predicted molar refractivity (Wildman–Crippen MR) is 68.6 cm³/mol. The number of alkyl halides is 3. The molecule has 0 aromatic heterocycles. The smallest absolute Gasteiger partial charge is 0.406 e. The number of carbonyl (C=O) groups is 1. The van der Waals surface area contributed by atoms with Crippen LogP contribution in [-0.4, -0.2) is 12.3 Å². The van der Waals surface area contributed by atoms with Crippen LogP contribution < -0.4 is 10.1 Å². The number of hydrogen-bond donors (Lipinski definition) is 1. The molecule has 1 unspecified atom stereocenters. The van der Waals surface area contributed by atoms with Crippen molar-refractivity contribution in [3.05, 3.63) is 23.8 Å². The molecule has 1 heterocycles. The summed E-state index contributed by atoms with van der Waals surface area (Å²) in [6.07, 6.45) is -3.15. The molecule has 1 N–H and O–H groups in total. The van der Waals surface area contributed by atoms with Crippen LogP contribution in [0.15, 0.2) is 18.2 Å². The van der Waals surface area contributed by atoms with Gasteiger partial charge in [-0.3, -0.25) is 4.79 Å². The summed E-state index contributed by atoms with van der Waals surface area (Å²) in [6, 6.07) is 3.97. The fourth-order valence-corrected chi connectivity index (χ4v) is 2.69. The van der Waals surface area contributed by atoms with E-state index >= 15 is 0 Å². The molecule has 0 saturated heterocycles. The molecule has 0 aliphatic carbocycles. The minimum Gasteiger partial charge on any atom is -0.406 e. The summed E-state index contributed by atoms with van der Waals surface area (Å²) < 4.78 is 40.7. The first-order valence-electron chi connectivity index (χ1n) is 6.56. The van der Waals surface area contributed by atoms with E-state index < -0.39 is 12.3 Å². The Hall–Kier alpha value is -1.72. The summed E-state index contributed by atoms with van der Waals surface area (Å²) in [4.78, 5) is 12.0. The van der Waals surface area contributed by atoms with Crippen LogP contribution in [0.4, 0.5) is 18.9 Å². The van der Waals surface area contributed by atoms with Gasteiger partial charge in [0.25, 0.3) is 0 Å². The van der Waals surface area contributed by atoms with E-state index in [9.17, 15) is 18.0 Å². The summed E-state index contributed by atoms with van der Waals surface area (Å²) >= 11 is 0. The number of fused-ring (bicyclic) bond motifs is 1. The second-order valence-electron chi connectivity index (χ2n) is 4.84. The van der Waals surface area contributed by atoms with E-state index in [4.69, 9.17) is 0 Å². The van der Waals surface area contributed by atoms with Crippen molar-refractivity contribution >= 4 is 11.6 Å². The molecule has 110 valence electrons. The highest BCUT2D eigenvalue weighted by molar-refractivity contribution is 6.03. The maximum atomic E-state index is 12.3. The van der Waals surface area contributed by atoms with E-state index in [-0.39, 0.29) is 17.6 Å². The number of halogens is 3. The van der Waals surface area contributed by atoms with Crippen molar-refractivity contribution in [2.45, 2.75) is 39.0 Å². The SMILES string of the molecule is CCC(CC)C1C(=O)Nc2ccc(OC(F)(F)F)cc21. The highest BCUT2D eigenvalue weighted by atomic mass is 19.4. The van der Waals surface area contributed by atoms with Crippen molar-refractivity contribution in [1.82, 2.24) is 0 Å². The van der Waals surface area contributed by atoms with Crippen molar-refractivity contribution in [1.29, 1.82) is 0 Å². The Labute approximate surface area is 115 Å². The fourth-order valence-electron chi connectivity index (χ4n) is 2.69. The van der Waals surface area contributed by atoms with Crippen LogP contribution in [-0.2, 0) is 4.79 Å². The number of amides is 1. The van der Waals surface area contributed by atoms with E-state index in [0.717, 1.165) is 12.8 Å². The predicted octanol–water partition coefficient (Wildman–Crippen LogP) is 4.06. The van der Waals surface area contributed by atoms with Crippen LogP contribution in [0.5, 0.6) is 5.75 Å². The van der Waals surface area contributed by atoms with Crippen molar-refractivity contribution in [3.8, 4) is 5.75 Å². The minimum atomic E-state index is -4.73. The second kappa shape index (κ2) is 5.34. The lowest BCUT2D eigenvalue weighted by molar-refractivity contribution is -0.274. The zero-order valence-corrected chi connectivity index (χ0v) is 11.3. The molecular formula is C14H16F3NO2. The Balaban J connectivity index is 2.35. The molecule has 1 aliphatic heterocycles. The molecule has 1 aromatic rings. The van der Waals surface area contributed by atoms with E-state index in [2.05, 4.69) is 10.1 Å². The molecule has 0 fully saturated rings. The van der Waals surface area contributed by atoms with Gasteiger partial charge in [-0.25, -0.2) is 0 Å². The maximum absolute atomic E-state index is 12.3. The van der Waals surface area contributed by atoms with E-state index in [1.165, 1.54) is 18.2 Å². The lowest BCUT2D eigenvalue weighted by atomic mass is 9.83. The molecule has 0 bridgehead atoms. The molecule has 1 aliphatic rings. The second-order valence-corrected chi connectivity index (χ2v) is 4.84. The van der Waals surface area contributed by atoms with Gasteiger partial charge in [0.15, 0.2) is 0 Å². The third-order valence-electron chi connectivity index (χ3n) is 3.65. The number of benzene rings is 1. The van der Waals surface area contributed by atoms with E-state index in [0.29, 0.717) is 11.3 Å². The van der Waals surface area contributed by atoms with Crippen LogP contribution >= 0.6 is 0 Å². The number of nitrogens with one attached hydrogen (secondary N) is 1. The normalized spacial score (nSPS) is 18.1. The standard InChI is InChI=1S/C14H16F3NO2/c1-3-8(4-2)12-10-7-9(20-14(15,16)17)5-6-11(10)18-13(12)19/h5-8,12H,3-4H2,1-2H3,(H,18,19). The molecular weight excluding hydrogens is 271 g/mol. The summed E-state index contributed by atoms with van der Waals surface area (Å²) in [5.41, 5.74) is 1.16. The monoisotopic (exact) mass is 287 g/mol. The summed E-state index contributed by atoms with van der Waals surface area (Å²) in [5.74, 6) is -0.740. The van der Waals surface area contributed by atoms with Crippen LogP contribution in [0.1, 0.15) is 38.2 Å². The zero-order chi connectivity index (χ0) is 14.9. The lowest BCUT2D eigenvalue weighted by Crippen LogP contribution is -2.20. The average Bonchev–Trinajstić information content (AvgIpc) is 2.66. The Bertz CT molecular complexity index is 510. The Morgan fingerprint density at radius 2 is 1.95 bits per heavy atom. The number of ether oxygens (including phenoxy) is 1. The van der Waals surface area contributed by atoms with Crippen molar-refractivity contribution in [2.24, 2.45) is 5.92 Å². The van der Waals surface area contributed by atoms with Crippen LogP contribution in [0, 0.1) is 5.92 Å². The molecule has 6 heteroatoms. The van der Waals surface area contributed by atoms with Gasteiger partial charge in [0.2, 0.25) is 5.91 Å². The number of carbonyl (C=O) groups excluding carboxylic acids is 1. The Morgan fingerprint density at radius 1 is 1.30 bits per heavy atom. The van der Waals surface area contributed by atoms with E-state index in [1.54, 1.807) is 0 Å². The Kier molecular flexibility index (Phi) is 3.92. The van der Waals surface area contributed by atoms with Gasteiger partial charge in [0.05, 0.1) is 5.92 Å². The average molecular weight is 287 g/mol. The largest absolute Gasteiger partial charge is 0.573 e. The van der Waals surface area contributed by atoms with Crippen LogP contribution in [0.2, 0.25) is 0 Å². The first kappa shape index (κ1) is 14.7. The Morgan fingerprint density at radius 3 is 2.50 bits per heavy atom. The summed E-state index contributed by atoms with van der Waals surface area (Å²) in [5, 5.41) is 2.71. The molecule has 20 heavy (non-hydrogen) atoms. The van der Waals surface area contributed by atoms with Crippen molar-refractivity contribution in [3.63, 3.8) is 0 Å². The van der Waals surface area contributed by atoms with Gasteiger partial charge in [-0.2, -0.15) is 0 Å². The summed E-state index contributed by atoms with van der Waals surface area (Å²) in [7, 11) is 0. The third kappa shape index (κ3) is 2.89. The quantitative estimate of drug-likeness (QED) is 0.907. The first-order valence-corrected chi connectivity index (χ1v) is 6.56. The van der Waals surface area contributed by atoms with Crippen LogP contribution in [0.3, 0.4) is 0 Å². The van der Waals surface area contributed by atoms with Gasteiger partial charge in [-0.05, 0) is 29.7 Å². The minimum absolute atomic E-state index is 0.109. The number of anilines is 1. The zero-order valence-electron chi connectivity index (χ0n) is 11.3. The molecule has 1 amide bonds. The molecule has 2 rings (SSSR count). The van der Waals surface area contributed by atoms with Gasteiger partial charge in [0.1, 0.15) is 5.75 Å². The fraction of sp³-hybridized carbons (Fsp3) is 0.500. The van der Waals surface area contributed by atoms with Crippen LogP contribution in [0.25, 0.3) is 0 Å². The van der Waals surface area contributed by atoms with Crippen molar-refractivity contribution in [2.75, 3.05) is 5.32 Å². The molecule has 0 radical (unpaired) electrons. The van der Waals surface area contributed by atoms with Gasteiger partial charge in [-0.1, -0.05) is 26.7 Å². The lowest BCUT2D eigenvalue weighted by Gasteiger charge is -2.19. The van der Waals surface area contributed by atoms with Gasteiger partial charge < -0.3 is 10.1 Å².